The minimum absolute atomic E-state index is 0.0611. The van der Waals surface area contributed by atoms with Crippen molar-refractivity contribution >= 4 is 5.97 Å². The second kappa shape index (κ2) is 5.97. The van der Waals surface area contributed by atoms with E-state index in [1.54, 1.807) is 0 Å². The third-order valence-electron chi connectivity index (χ3n) is 2.40. The number of esters is 1. The molecular formula is C10H18O3. The Morgan fingerprint density at radius 3 is 2.77 bits per heavy atom. The van der Waals surface area contributed by atoms with Crippen LogP contribution in [0, 0.1) is 5.92 Å². The molecule has 0 aromatic heterocycles. The van der Waals surface area contributed by atoms with Crippen molar-refractivity contribution in [3.8, 4) is 0 Å². The Labute approximate surface area is 79.4 Å². The zero-order chi connectivity index (χ0) is 9.52. The molecule has 1 saturated heterocycles. The van der Waals surface area contributed by atoms with E-state index in [-0.39, 0.29) is 5.97 Å². The highest BCUT2D eigenvalue weighted by atomic mass is 16.5. The molecular weight excluding hydrogens is 168 g/mol. The number of carbonyl (C=O) groups is 1. The largest absolute Gasteiger partial charge is 0.466 e. The maximum atomic E-state index is 11.0. The van der Waals surface area contributed by atoms with Gasteiger partial charge < -0.3 is 9.47 Å². The summed E-state index contributed by atoms with van der Waals surface area (Å²) in [7, 11) is 0. The van der Waals surface area contributed by atoms with Crippen molar-refractivity contribution < 1.29 is 14.3 Å². The van der Waals surface area contributed by atoms with Crippen LogP contribution in [0.4, 0.5) is 0 Å². The van der Waals surface area contributed by atoms with Crippen molar-refractivity contribution in [1.29, 1.82) is 0 Å². The predicted molar refractivity (Wildman–Crippen MR) is 49.4 cm³/mol. The van der Waals surface area contributed by atoms with Crippen molar-refractivity contribution in [2.45, 2.75) is 32.6 Å². The van der Waals surface area contributed by atoms with Crippen LogP contribution in [-0.4, -0.2) is 25.8 Å². The normalized spacial score (nSPS) is 18.5. The van der Waals surface area contributed by atoms with Crippen LogP contribution < -0.4 is 0 Å². The minimum Gasteiger partial charge on any atom is -0.466 e. The van der Waals surface area contributed by atoms with E-state index in [1.165, 1.54) is 0 Å². The van der Waals surface area contributed by atoms with Crippen molar-refractivity contribution in [1.82, 2.24) is 0 Å². The summed E-state index contributed by atoms with van der Waals surface area (Å²) in [5.41, 5.74) is 0. The predicted octanol–water partition coefficient (Wildman–Crippen LogP) is 1.76. The SMILES string of the molecule is CCOC(=O)CCC1CCOCC1. The molecule has 0 spiro atoms. The summed E-state index contributed by atoms with van der Waals surface area (Å²) in [4.78, 5) is 11.0. The molecule has 0 aromatic carbocycles. The Bertz CT molecular complexity index is 150. The molecule has 0 radical (unpaired) electrons. The van der Waals surface area contributed by atoms with Gasteiger partial charge in [-0.05, 0) is 32.1 Å². The second-order valence-corrected chi connectivity index (χ2v) is 3.40. The van der Waals surface area contributed by atoms with Gasteiger partial charge >= 0.3 is 5.97 Å². The maximum absolute atomic E-state index is 11.0. The van der Waals surface area contributed by atoms with Crippen molar-refractivity contribution in [3.05, 3.63) is 0 Å². The lowest BCUT2D eigenvalue weighted by molar-refractivity contribution is -0.143. The monoisotopic (exact) mass is 186 g/mol. The smallest absolute Gasteiger partial charge is 0.305 e. The first-order valence-corrected chi connectivity index (χ1v) is 5.06. The first-order chi connectivity index (χ1) is 6.33. The van der Waals surface area contributed by atoms with E-state index in [9.17, 15) is 4.79 Å². The van der Waals surface area contributed by atoms with E-state index in [0.29, 0.717) is 18.9 Å². The molecule has 1 fully saturated rings. The van der Waals surface area contributed by atoms with Gasteiger partial charge in [0.1, 0.15) is 0 Å². The first-order valence-electron chi connectivity index (χ1n) is 5.06. The summed E-state index contributed by atoms with van der Waals surface area (Å²) in [6.07, 6.45) is 3.72. The molecule has 0 atom stereocenters. The highest BCUT2D eigenvalue weighted by Crippen LogP contribution is 2.19. The van der Waals surface area contributed by atoms with E-state index < -0.39 is 0 Å². The molecule has 3 heteroatoms. The van der Waals surface area contributed by atoms with Gasteiger partial charge in [-0.15, -0.1) is 0 Å². The molecule has 3 nitrogen and oxygen atoms in total. The third kappa shape index (κ3) is 4.27. The van der Waals surface area contributed by atoms with Crippen LogP contribution in [0.5, 0.6) is 0 Å². The molecule has 0 aliphatic carbocycles. The first kappa shape index (κ1) is 10.5. The molecule has 0 aromatic rings. The van der Waals surface area contributed by atoms with Gasteiger partial charge in [0, 0.05) is 19.6 Å². The molecule has 0 N–H and O–H groups in total. The Hall–Kier alpha value is -0.570. The second-order valence-electron chi connectivity index (χ2n) is 3.40. The average molecular weight is 186 g/mol. The van der Waals surface area contributed by atoms with Crippen LogP contribution in [0.1, 0.15) is 32.6 Å². The number of carbonyl (C=O) groups excluding carboxylic acids is 1. The average Bonchev–Trinajstić information content (AvgIpc) is 2.17. The maximum Gasteiger partial charge on any atom is 0.305 e. The third-order valence-corrected chi connectivity index (χ3v) is 2.40. The Morgan fingerprint density at radius 1 is 1.46 bits per heavy atom. The summed E-state index contributed by atoms with van der Waals surface area (Å²) in [5.74, 6) is 0.604. The van der Waals surface area contributed by atoms with E-state index in [4.69, 9.17) is 9.47 Å². The Kier molecular flexibility index (Phi) is 4.83. The number of rotatable bonds is 4. The lowest BCUT2D eigenvalue weighted by Gasteiger charge is -2.21. The van der Waals surface area contributed by atoms with Gasteiger partial charge in [0.2, 0.25) is 0 Å². The fourth-order valence-electron chi connectivity index (χ4n) is 1.59. The summed E-state index contributed by atoms with van der Waals surface area (Å²) >= 11 is 0. The zero-order valence-electron chi connectivity index (χ0n) is 8.25. The molecule has 1 heterocycles. The van der Waals surface area contributed by atoms with Crippen molar-refractivity contribution in [3.63, 3.8) is 0 Å². The summed E-state index contributed by atoms with van der Waals surface area (Å²) < 4.78 is 10.1. The van der Waals surface area contributed by atoms with E-state index in [2.05, 4.69) is 0 Å². The number of hydrogen-bond donors (Lipinski definition) is 0. The summed E-state index contributed by atoms with van der Waals surface area (Å²) in [5, 5.41) is 0. The quantitative estimate of drug-likeness (QED) is 0.627. The van der Waals surface area contributed by atoms with Crippen molar-refractivity contribution in [2.75, 3.05) is 19.8 Å². The van der Waals surface area contributed by atoms with Crippen LogP contribution in [0.25, 0.3) is 0 Å². The lowest BCUT2D eigenvalue weighted by Crippen LogP contribution is -2.17. The Balaban J connectivity index is 2.06. The van der Waals surface area contributed by atoms with Gasteiger partial charge in [0.25, 0.3) is 0 Å². The van der Waals surface area contributed by atoms with Gasteiger partial charge in [0.05, 0.1) is 6.61 Å². The molecule has 0 bridgehead atoms. The van der Waals surface area contributed by atoms with Crippen LogP contribution in [0.3, 0.4) is 0 Å². The fraction of sp³-hybridized carbons (Fsp3) is 0.900. The summed E-state index contributed by atoms with van der Waals surface area (Å²) in [6.45, 7) is 4.04. The molecule has 0 unspecified atom stereocenters. The molecule has 0 saturated carbocycles. The van der Waals surface area contributed by atoms with E-state index >= 15 is 0 Å². The lowest BCUT2D eigenvalue weighted by atomic mass is 9.95. The highest BCUT2D eigenvalue weighted by molar-refractivity contribution is 5.69. The highest BCUT2D eigenvalue weighted by Gasteiger charge is 2.15. The van der Waals surface area contributed by atoms with Crippen molar-refractivity contribution in [2.24, 2.45) is 5.92 Å². The number of ether oxygens (including phenoxy) is 2. The van der Waals surface area contributed by atoms with Gasteiger partial charge in [-0.2, -0.15) is 0 Å². The standard InChI is InChI=1S/C10H18O3/c1-2-13-10(11)4-3-9-5-7-12-8-6-9/h9H,2-8H2,1H3. The van der Waals surface area contributed by atoms with Gasteiger partial charge in [-0.1, -0.05) is 0 Å². The zero-order valence-corrected chi connectivity index (χ0v) is 8.25. The number of hydrogen-bond acceptors (Lipinski definition) is 3. The topological polar surface area (TPSA) is 35.5 Å². The van der Waals surface area contributed by atoms with Crippen LogP contribution in [-0.2, 0) is 14.3 Å². The molecule has 1 rings (SSSR count). The van der Waals surface area contributed by atoms with Gasteiger partial charge in [-0.3, -0.25) is 4.79 Å². The molecule has 13 heavy (non-hydrogen) atoms. The molecule has 1 aliphatic heterocycles. The van der Waals surface area contributed by atoms with E-state index in [1.807, 2.05) is 6.92 Å². The van der Waals surface area contributed by atoms with Gasteiger partial charge in [-0.25, -0.2) is 0 Å². The Morgan fingerprint density at radius 2 is 2.15 bits per heavy atom. The van der Waals surface area contributed by atoms with Crippen LogP contribution in [0.15, 0.2) is 0 Å². The van der Waals surface area contributed by atoms with Crippen LogP contribution >= 0.6 is 0 Å². The fourth-order valence-corrected chi connectivity index (χ4v) is 1.59. The van der Waals surface area contributed by atoms with Crippen LogP contribution in [0.2, 0.25) is 0 Å². The molecule has 76 valence electrons. The summed E-state index contributed by atoms with van der Waals surface area (Å²) in [6, 6.07) is 0. The molecule has 1 aliphatic rings. The van der Waals surface area contributed by atoms with E-state index in [0.717, 1.165) is 32.5 Å². The molecule has 0 amide bonds. The van der Waals surface area contributed by atoms with Gasteiger partial charge in [0.15, 0.2) is 0 Å². The minimum atomic E-state index is -0.0611.